The Morgan fingerprint density at radius 3 is 2.85 bits per heavy atom. The van der Waals surface area contributed by atoms with Crippen molar-refractivity contribution in [3.05, 3.63) is 35.8 Å². The number of benzene rings is 1. The van der Waals surface area contributed by atoms with Crippen molar-refractivity contribution >= 4 is 17.7 Å². The Hall–Kier alpha value is -2.87. The summed E-state index contributed by atoms with van der Waals surface area (Å²) in [6.45, 7) is 0. The molecule has 2 atom stereocenters. The number of ether oxygens (including phenoxy) is 1. The zero-order valence-electron chi connectivity index (χ0n) is 15.2. The van der Waals surface area contributed by atoms with Gasteiger partial charge in [-0.15, -0.1) is 0 Å². The molecule has 2 bridgehead atoms. The lowest BCUT2D eigenvalue weighted by molar-refractivity contribution is -0.142. The number of carboxylic acid groups (broad SMARTS) is 1. The monoisotopic (exact) mass is 372 g/mol. The first-order valence-corrected chi connectivity index (χ1v) is 9.00. The highest BCUT2D eigenvalue weighted by Crippen LogP contribution is 2.31. The van der Waals surface area contributed by atoms with Crippen LogP contribution in [0.2, 0.25) is 0 Å². The van der Waals surface area contributed by atoms with Crippen LogP contribution in [0, 0.1) is 5.92 Å². The van der Waals surface area contributed by atoms with E-state index in [2.05, 4.69) is 20.0 Å². The zero-order chi connectivity index (χ0) is 19.4. The normalized spacial score (nSPS) is 19.9. The van der Waals surface area contributed by atoms with Crippen molar-refractivity contribution in [2.24, 2.45) is 11.7 Å². The number of nitrogens with one attached hydrogen (secondary N) is 2. The second-order valence-corrected chi connectivity index (χ2v) is 6.79. The number of hydrogen-bond donors (Lipinski definition) is 4. The van der Waals surface area contributed by atoms with E-state index in [-0.39, 0.29) is 6.04 Å². The van der Waals surface area contributed by atoms with E-state index in [4.69, 9.17) is 5.73 Å². The Balaban J connectivity index is 2.03. The maximum absolute atomic E-state index is 11.7. The zero-order valence-corrected chi connectivity index (χ0v) is 15.2. The summed E-state index contributed by atoms with van der Waals surface area (Å²) in [5.74, 6) is -0.606. The van der Waals surface area contributed by atoms with Crippen molar-refractivity contribution in [2.75, 3.05) is 12.4 Å². The number of nitrogens with zero attached hydrogens (tertiary/aromatic N) is 1. The van der Waals surface area contributed by atoms with E-state index in [0.29, 0.717) is 24.2 Å². The van der Waals surface area contributed by atoms with Gasteiger partial charge in [0.15, 0.2) is 0 Å². The molecule has 8 nitrogen and oxygen atoms in total. The molecule has 3 rings (SSSR count). The number of amides is 1. The van der Waals surface area contributed by atoms with Crippen LogP contribution >= 0.6 is 0 Å². The third-order valence-corrected chi connectivity index (χ3v) is 4.90. The lowest BCUT2D eigenvalue weighted by Gasteiger charge is -2.17. The average Bonchev–Trinajstić information content (AvgIpc) is 3.13. The first-order chi connectivity index (χ1) is 13.0. The van der Waals surface area contributed by atoms with Crippen molar-refractivity contribution in [1.82, 2.24) is 9.97 Å². The number of rotatable bonds is 2. The summed E-state index contributed by atoms with van der Waals surface area (Å²) >= 11 is 0. The molecule has 2 unspecified atom stereocenters. The largest absolute Gasteiger partial charge is 0.481 e. The fourth-order valence-electron chi connectivity index (χ4n) is 3.39. The summed E-state index contributed by atoms with van der Waals surface area (Å²) in [4.78, 5) is 31.0. The van der Waals surface area contributed by atoms with Crippen LogP contribution in [0.15, 0.2) is 24.4 Å². The predicted octanol–water partition coefficient (Wildman–Crippen LogP) is 3.07. The summed E-state index contributed by atoms with van der Waals surface area (Å²) in [5, 5.41) is 12.3. The number of H-pyrrole nitrogens is 1. The fraction of sp³-hybridized carbons (Fsp3) is 0.421. The molecule has 8 heteroatoms. The molecule has 144 valence electrons. The van der Waals surface area contributed by atoms with Crippen molar-refractivity contribution < 1.29 is 19.4 Å². The van der Waals surface area contributed by atoms with Crippen molar-refractivity contribution in [3.8, 4) is 11.3 Å². The van der Waals surface area contributed by atoms with Gasteiger partial charge in [-0.25, -0.2) is 9.78 Å². The van der Waals surface area contributed by atoms with Crippen molar-refractivity contribution in [1.29, 1.82) is 0 Å². The Kier molecular flexibility index (Phi) is 5.75. The van der Waals surface area contributed by atoms with Gasteiger partial charge >= 0.3 is 12.1 Å². The summed E-state index contributed by atoms with van der Waals surface area (Å²) in [7, 11) is 1.29. The smallest absolute Gasteiger partial charge is 0.411 e. The van der Waals surface area contributed by atoms with Crippen LogP contribution in [0.5, 0.6) is 0 Å². The summed E-state index contributed by atoms with van der Waals surface area (Å²) < 4.78 is 4.63. The van der Waals surface area contributed by atoms with Gasteiger partial charge in [-0.2, -0.15) is 0 Å². The molecule has 0 saturated heterocycles. The number of carbonyl (C=O) groups is 2. The van der Waals surface area contributed by atoms with Crippen molar-refractivity contribution in [2.45, 2.75) is 38.1 Å². The van der Waals surface area contributed by atoms with Crippen LogP contribution < -0.4 is 11.1 Å². The van der Waals surface area contributed by atoms with Crippen LogP contribution in [-0.2, 0) is 16.0 Å². The number of anilines is 1. The van der Waals surface area contributed by atoms with Gasteiger partial charge in [0.25, 0.3) is 0 Å². The number of methoxy groups -OCH3 is 1. The van der Waals surface area contributed by atoms with Crippen LogP contribution in [0.25, 0.3) is 11.3 Å². The Bertz CT molecular complexity index is 833. The van der Waals surface area contributed by atoms with E-state index in [0.717, 1.165) is 36.2 Å². The van der Waals surface area contributed by atoms with E-state index >= 15 is 0 Å². The molecule has 0 fully saturated rings. The van der Waals surface area contributed by atoms with E-state index < -0.39 is 18.0 Å². The maximum atomic E-state index is 11.7. The lowest BCUT2D eigenvalue weighted by atomic mass is 9.90. The van der Waals surface area contributed by atoms with Crippen LogP contribution in [0.4, 0.5) is 10.5 Å². The highest BCUT2D eigenvalue weighted by atomic mass is 16.5. The quantitative estimate of drug-likeness (QED) is 0.641. The second kappa shape index (κ2) is 8.22. The minimum absolute atomic E-state index is 0.204. The molecule has 0 spiro atoms. The molecular weight excluding hydrogens is 348 g/mol. The van der Waals surface area contributed by atoms with Gasteiger partial charge in [-0.05, 0) is 37.0 Å². The number of fused-ring (bicyclic) bond motifs is 4. The van der Waals surface area contributed by atoms with E-state index in [1.807, 2.05) is 6.07 Å². The molecule has 0 saturated carbocycles. The summed E-state index contributed by atoms with van der Waals surface area (Å²) in [6, 6.07) is 5.15. The first kappa shape index (κ1) is 18.9. The SMILES string of the molecule is COC(=O)Nc1ccc2c(c1)CC(C(=O)O)CCCCC(N)c1nc-2c[nH]1. The number of carbonyl (C=O) groups excluding carboxylic acids is 1. The molecule has 2 aromatic rings. The minimum Gasteiger partial charge on any atom is -0.481 e. The Labute approximate surface area is 157 Å². The third kappa shape index (κ3) is 4.46. The van der Waals surface area contributed by atoms with Crippen molar-refractivity contribution in [3.63, 3.8) is 0 Å². The Morgan fingerprint density at radius 2 is 2.11 bits per heavy atom. The van der Waals surface area contributed by atoms with Gasteiger partial charge in [-0.1, -0.05) is 18.9 Å². The molecule has 1 aromatic heterocycles. The Morgan fingerprint density at radius 1 is 1.33 bits per heavy atom. The lowest BCUT2D eigenvalue weighted by Crippen LogP contribution is -2.18. The van der Waals surface area contributed by atoms with E-state index in [1.54, 1.807) is 18.3 Å². The number of aromatic amines is 1. The van der Waals surface area contributed by atoms with Gasteiger partial charge in [0, 0.05) is 17.4 Å². The number of carboxylic acids is 1. The van der Waals surface area contributed by atoms with Gasteiger partial charge in [0.2, 0.25) is 0 Å². The molecule has 27 heavy (non-hydrogen) atoms. The molecule has 1 aromatic carbocycles. The number of nitrogens with two attached hydrogens (primary N) is 1. The van der Waals surface area contributed by atoms with Crippen LogP contribution in [0.3, 0.4) is 0 Å². The van der Waals surface area contributed by atoms with E-state index in [1.165, 1.54) is 7.11 Å². The van der Waals surface area contributed by atoms with Crippen LogP contribution in [-0.4, -0.2) is 34.2 Å². The maximum Gasteiger partial charge on any atom is 0.411 e. The molecule has 5 N–H and O–H groups in total. The summed E-state index contributed by atoms with van der Waals surface area (Å²) in [5.41, 5.74) is 9.09. The number of aromatic nitrogens is 2. The molecule has 1 aliphatic rings. The number of hydrogen-bond acceptors (Lipinski definition) is 5. The predicted molar refractivity (Wildman–Crippen MR) is 100 cm³/mol. The minimum atomic E-state index is -0.823. The average molecular weight is 372 g/mol. The topological polar surface area (TPSA) is 130 Å². The fourth-order valence-corrected chi connectivity index (χ4v) is 3.39. The second-order valence-electron chi connectivity index (χ2n) is 6.79. The number of imidazole rings is 1. The standard InChI is InChI=1S/C19H24N4O4/c1-27-19(26)22-13-6-7-14-12(9-13)8-11(18(24)25)4-2-3-5-15(20)17-21-10-16(14)23-17/h6-7,9-11,15H,2-5,8,20H2,1H3,(H,21,23)(H,22,26)(H,24,25). The van der Waals surface area contributed by atoms with Gasteiger partial charge < -0.3 is 20.6 Å². The molecule has 1 aliphatic heterocycles. The van der Waals surface area contributed by atoms with Crippen LogP contribution in [0.1, 0.15) is 43.1 Å². The highest BCUT2D eigenvalue weighted by Gasteiger charge is 2.22. The third-order valence-electron chi connectivity index (χ3n) is 4.90. The molecule has 2 heterocycles. The first-order valence-electron chi connectivity index (χ1n) is 9.00. The van der Waals surface area contributed by atoms with E-state index in [9.17, 15) is 14.7 Å². The van der Waals surface area contributed by atoms with Gasteiger partial charge in [-0.3, -0.25) is 10.1 Å². The van der Waals surface area contributed by atoms with Gasteiger partial charge in [0.1, 0.15) is 5.82 Å². The molecule has 1 amide bonds. The summed E-state index contributed by atoms with van der Waals surface area (Å²) in [6.07, 6.45) is 4.53. The highest BCUT2D eigenvalue weighted by molar-refractivity contribution is 5.85. The molecule has 0 radical (unpaired) electrons. The van der Waals surface area contributed by atoms with Gasteiger partial charge in [0.05, 0.1) is 24.8 Å². The molecular formula is C19H24N4O4. The molecule has 0 aliphatic carbocycles. The number of aliphatic carboxylic acids is 1.